The first-order valence-electron chi connectivity index (χ1n) is 8.38. The predicted octanol–water partition coefficient (Wildman–Crippen LogP) is 4.31. The molecule has 0 atom stereocenters. The topological polar surface area (TPSA) is 69.0 Å². The lowest BCUT2D eigenvalue weighted by Crippen LogP contribution is -2.12. The van der Waals surface area contributed by atoms with Crippen molar-refractivity contribution in [1.29, 1.82) is 0 Å². The van der Waals surface area contributed by atoms with E-state index in [0.717, 1.165) is 5.75 Å². The fourth-order valence-corrected chi connectivity index (χ4v) is 2.50. The summed E-state index contributed by atoms with van der Waals surface area (Å²) in [4.78, 5) is 16.7. The van der Waals surface area contributed by atoms with Gasteiger partial charge in [0.15, 0.2) is 5.82 Å². The van der Waals surface area contributed by atoms with Crippen LogP contribution in [0.3, 0.4) is 0 Å². The van der Waals surface area contributed by atoms with Crippen LogP contribution in [-0.4, -0.2) is 20.7 Å². The van der Waals surface area contributed by atoms with Crippen LogP contribution in [0.5, 0.6) is 11.5 Å². The molecule has 0 aliphatic carbocycles. The molecule has 1 amide bonds. The van der Waals surface area contributed by atoms with Gasteiger partial charge in [-0.15, -0.1) is 0 Å². The Bertz CT molecular complexity index is 1010. The average Bonchev–Trinajstić information content (AvgIpc) is 3.25. The van der Waals surface area contributed by atoms with Crippen LogP contribution in [0.15, 0.2) is 91.4 Å². The molecule has 6 heteroatoms. The van der Waals surface area contributed by atoms with Gasteiger partial charge in [0.25, 0.3) is 5.91 Å². The minimum atomic E-state index is -0.213. The van der Waals surface area contributed by atoms with Crippen molar-refractivity contribution in [3.63, 3.8) is 0 Å². The van der Waals surface area contributed by atoms with Gasteiger partial charge in [0.05, 0.1) is 11.9 Å². The first-order chi connectivity index (χ1) is 13.3. The Balaban J connectivity index is 1.40. The molecule has 0 saturated heterocycles. The first-order valence-corrected chi connectivity index (χ1v) is 8.38. The van der Waals surface area contributed by atoms with Crippen molar-refractivity contribution in [2.45, 2.75) is 0 Å². The van der Waals surface area contributed by atoms with E-state index in [2.05, 4.69) is 15.4 Å². The average molecular weight is 356 g/mol. The normalized spacial score (nSPS) is 10.4. The van der Waals surface area contributed by atoms with Gasteiger partial charge in [-0.2, -0.15) is 5.10 Å². The Morgan fingerprint density at radius 2 is 1.67 bits per heavy atom. The van der Waals surface area contributed by atoms with E-state index in [1.807, 2.05) is 36.4 Å². The van der Waals surface area contributed by atoms with Crippen LogP contribution in [0.25, 0.3) is 5.82 Å². The summed E-state index contributed by atoms with van der Waals surface area (Å²) >= 11 is 0. The van der Waals surface area contributed by atoms with Crippen LogP contribution in [-0.2, 0) is 0 Å². The van der Waals surface area contributed by atoms with Gasteiger partial charge in [-0.3, -0.25) is 4.79 Å². The maximum Gasteiger partial charge on any atom is 0.255 e. The third-order valence-corrected chi connectivity index (χ3v) is 3.84. The summed E-state index contributed by atoms with van der Waals surface area (Å²) in [5.74, 6) is 1.89. The lowest BCUT2D eigenvalue weighted by atomic mass is 10.2. The number of carbonyl (C=O) groups excluding carboxylic acids is 1. The summed E-state index contributed by atoms with van der Waals surface area (Å²) in [5.41, 5.74) is 1.15. The number of rotatable bonds is 5. The Labute approximate surface area is 156 Å². The van der Waals surface area contributed by atoms with Gasteiger partial charge in [-0.25, -0.2) is 9.67 Å². The maximum absolute atomic E-state index is 12.4. The molecule has 0 fully saturated rings. The highest BCUT2D eigenvalue weighted by molar-refractivity contribution is 6.04. The van der Waals surface area contributed by atoms with Crippen molar-refractivity contribution in [1.82, 2.24) is 14.8 Å². The number of benzene rings is 2. The number of aromatic nitrogens is 3. The van der Waals surface area contributed by atoms with E-state index in [1.54, 1.807) is 59.7 Å². The predicted molar refractivity (Wildman–Crippen MR) is 102 cm³/mol. The van der Waals surface area contributed by atoms with Crippen molar-refractivity contribution in [2.24, 2.45) is 0 Å². The summed E-state index contributed by atoms with van der Waals surface area (Å²) in [6, 6.07) is 21.9. The fraction of sp³-hybridized carbons (Fsp3) is 0. The second kappa shape index (κ2) is 7.53. The number of pyridine rings is 1. The van der Waals surface area contributed by atoms with Crippen LogP contribution >= 0.6 is 0 Å². The number of amides is 1. The van der Waals surface area contributed by atoms with Crippen molar-refractivity contribution in [3.8, 4) is 17.3 Å². The van der Waals surface area contributed by atoms with Crippen molar-refractivity contribution in [3.05, 3.63) is 97.0 Å². The SMILES string of the molecule is O=C(Nc1ccc(-n2cccn2)nc1)c1ccc(Oc2ccccc2)cc1. The third-order valence-electron chi connectivity index (χ3n) is 3.84. The molecular formula is C21H16N4O2. The zero-order chi connectivity index (χ0) is 18.5. The molecule has 1 N–H and O–H groups in total. The molecule has 0 saturated carbocycles. The molecule has 0 bridgehead atoms. The van der Waals surface area contributed by atoms with Gasteiger partial charge in [-0.05, 0) is 54.6 Å². The van der Waals surface area contributed by atoms with Crippen LogP contribution in [0.1, 0.15) is 10.4 Å². The van der Waals surface area contributed by atoms with E-state index in [-0.39, 0.29) is 5.91 Å². The maximum atomic E-state index is 12.4. The molecule has 2 heterocycles. The quantitative estimate of drug-likeness (QED) is 0.578. The van der Waals surface area contributed by atoms with E-state index < -0.39 is 0 Å². The third kappa shape index (κ3) is 4.01. The lowest BCUT2D eigenvalue weighted by molar-refractivity contribution is 0.102. The van der Waals surface area contributed by atoms with Crippen LogP contribution in [0.4, 0.5) is 5.69 Å². The van der Waals surface area contributed by atoms with Gasteiger partial charge in [0.2, 0.25) is 0 Å². The summed E-state index contributed by atoms with van der Waals surface area (Å²) in [6.45, 7) is 0. The van der Waals surface area contributed by atoms with Crippen molar-refractivity contribution < 1.29 is 9.53 Å². The number of hydrogen-bond acceptors (Lipinski definition) is 4. The molecule has 2 aromatic carbocycles. The molecule has 132 valence electrons. The lowest BCUT2D eigenvalue weighted by Gasteiger charge is -2.08. The van der Waals surface area contributed by atoms with E-state index in [4.69, 9.17) is 4.74 Å². The molecule has 6 nitrogen and oxygen atoms in total. The van der Waals surface area contributed by atoms with Gasteiger partial charge in [0, 0.05) is 18.0 Å². The van der Waals surface area contributed by atoms with Gasteiger partial charge < -0.3 is 10.1 Å². The largest absolute Gasteiger partial charge is 0.457 e. The molecule has 2 aromatic heterocycles. The molecule has 27 heavy (non-hydrogen) atoms. The summed E-state index contributed by atoms with van der Waals surface area (Å²) < 4.78 is 7.38. The van der Waals surface area contributed by atoms with E-state index in [1.165, 1.54) is 0 Å². The molecule has 0 aliphatic rings. The molecular weight excluding hydrogens is 340 g/mol. The Kier molecular flexibility index (Phi) is 4.61. The van der Waals surface area contributed by atoms with E-state index in [9.17, 15) is 4.79 Å². The number of ether oxygens (including phenoxy) is 1. The highest BCUT2D eigenvalue weighted by Crippen LogP contribution is 2.21. The zero-order valence-corrected chi connectivity index (χ0v) is 14.3. The number of nitrogens with one attached hydrogen (secondary N) is 1. The second-order valence-corrected chi connectivity index (χ2v) is 5.75. The second-order valence-electron chi connectivity index (χ2n) is 5.75. The Hall–Kier alpha value is -3.93. The standard InChI is InChI=1S/C21H16N4O2/c26-21(24-17-9-12-20(22-15-17)25-14-4-13-23-25)16-7-10-19(11-8-16)27-18-5-2-1-3-6-18/h1-15H,(H,24,26). The van der Waals surface area contributed by atoms with E-state index in [0.29, 0.717) is 22.8 Å². The molecule has 4 aromatic rings. The molecule has 0 unspecified atom stereocenters. The van der Waals surface area contributed by atoms with Crippen LogP contribution in [0, 0.1) is 0 Å². The highest BCUT2D eigenvalue weighted by atomic mass is 16.5. The minimum Gasteiger partial charge on any atom is -0.457 e. The van der Waals surface area contributed by atoms with Gasteiger partial charge in [0.1, 0.15) is 11.5 Å². The highest BCUT2D eigenvalue weighted by Gasteiger charge is 2.07. The van der Waals surface area contributed by atoms with Crippen LogP contribution < -0.4 is 10.1 Å². The van der Waals surface area contributed by atoms with Crippen molar-refractivity contribution >= 4 is 11.6 Å². The van der Waals surface area contributed by atoms with Crippen LogP contribution in [0.2, 0.25) is 0 Å². The van der Waals surface area contributed by atoms with Gasteiger partial charge >= 0.3 is 0 Å². The molecule has 0 aliphatic heterocycles. The monoisotopic (exact) mass is 356 g/mol. The number of hydrogen-bond donors (Lipinski definition) is 1. The number of nitrogens with zero attached hydrogens (tertiary/aromatic N) is 3. The number of anilines is 1. The minimum absolute atomic E-state index is 0.213. The fourth-order valence-electron chi connectivity index (χ4n) is 2.50. The van der Waals surface area contributed by atoms with Gasteiger partial charge in [-0.1, -0.05) is 18.2 Å². The Morgan fingerprint density at radius 3 is 2.33 bits per heavy atom. The molecule has 0 radical (unpaired) electrons. The number of para-hydroxylation sites is 1. The summed E-state index contributed by atoms with van der Waals surface area (Å²) in [5, 5.41) is 6.95. The Morgan fingerprint density at radius 1 is 0.889 bits per heavy atom. The van der Waals surface area contributed by atoms with E-state index >= 15 is 0 Å². The molecule has 0 spiro atoms. The first kappa shape index (κ1) is 16.5. The molecule has 4 rings (SSSR count). The smallest absolute Gasteiger partial charge is 0.255 e. The summed E-state index contributed by atoms with van der Waals surface area (Å²) in [6.07, 6.45) is 5.09. The number of carbonyl (C=O) groups is 1. The zero-order valence-electron chi connectivity index (χ0n) is 14.3. The summed E-state index contributed by atoms with van der Waals surface area (Å²) in [7, 11) is 0. The van der Waals surface area contributed by atoms with Crippen molar-refractivity contribution in [2.75, 3.05) is 5.32 Å².